The average molecular weight is 240 g/mol. The molecule has 1 aromatic carbocycles. The van der Waals surface area contributed by atoms with Crippen LogP contribution in [0.15, 0.2) is 42.6 Å². The van der Waals surface area contributed by atoms with Gasteiger partial charge in [-0.2, -0.15) is 9.61 Å². The highest BCUT2D eigenvalue weighted by molar-refractivity contribution is 5.44. The molecular formula is C13H12N4O. The highest BCUT2D eigenvalue weighted by Crippen LogP contribution is 2.23. The summed E-state index contributed by atoms with van der Waals surface area (Å²) >= 11 is 0. The van der Waals surface area contributed by atoms with Crippen LogP contribution in [0.2, 0.25) is 0 Å². The van der Waals surface area contributed by atoms with Crippen LogP contribution in [0.25, 0.3) is 5.65 Å². The predicted octanol–water partition coefficient (Wildman–Crippen LogP) is 2.41. The summed E-state index contributed by atoms with van der Waals surface area (Å²) in [5, 5.41) is 4.18. The number of rotatable bonds is 2. The van der Waals surface area contributed by atoms with Crippen molar-refractivity contribution in [3.05, 3.63) is 48.3 Å². The molecule has 0 spiro atoms. The Hall–Kier alpha value is -2.56. The Labute approximate surface area is 104 Å². The second kappa shape index (κ2) is 4.03. The van der Waals surface area contributed by atoms with Crippen LogP contribution in [0.5, 0.6) is 11.6 Å². The Morgan fingerprint density at radius 2 is 1.94 bits per heavy atom. The molecule has 0 bridgehead atoms. The zero-order valence-electron chi connectivity index (χ0n) is 9.87. The number of nitrogen functional groups attached to an aromatic ring is 1. The normalized spacial score (nSPS) is 10.7. The molecule has 2 aromatic heterocycles. The highest BCUT2D eigenvalue weighted by Gasteiger charge is 2.06. The molecule has 0 saturated heterocycles. The molecule has 18 heavy (non-hydrogen) atoms. The molecule has 0 aliphatic heterocycles. The fourth-order valence-electron chi connectivity index (χ4n) is 1.73. The van der Waals surface area contributed by atoms with Crippen molar-refractivity contribution >= 4 is 11.3 Å². The molecule has 0 amide bonds. The summed E-state index contributed by atoms with van der Waals surface area (Å²) in [6.45, 7) is 1.92. The lowest BCUT2D eigenvalue weighted by Crippen LogP contribution is -1.98. The average Bonchev–Trinajstić information content (AvgIpc) is 2.80. The van der Waals surface area contributed by atoms with Gasteiger partial charge in [0.25, 0.3) is 0 Å². The molecule has 2 N–H and O–H groups in total. The molecule has 90 valence electrons. The molecule has 0 aliphatic rings. The van der Waals surface area contributed by atoms with Crippen LogP contribution < -0.4 is 10.5 Å². The van der Waals surface area contributed by atoms with E-state index in [1.54, 1.807) is 22.8 Å². The highest BCUT2D eigenvalue weighted by atomic mass is 16.5. The molecule has 0 unspecified atom stereocenters. The maximum atomic E-state index is 5.79. The summed E-state index contributed by atoms with van der Waals surface area (Å²) in [5.41, 5.74) is 7.99. The van der Waals surface area contributed by atoms with Crippen LogP contribution >= 0.6 is 0 Å². The summed E-state index contributed by atoms with van der Waals surface area (Å²) in [5.74, 6) is 1.35. The van der Waals surface area contributed by atoms with Gasteiger partial charge in [0, 0.05) is 23.5 Å². The lowest BCUT2D eigenvalue weighted by atomic mass is 10.3. The van der Waals surface area contributed by atoms with Gasteiger partial charge in [0.05, 0.1) is 6.20 Å². The Balaban J connectivity index is 2.03. The van der Waals surface area contributed by atoms with Gasteiger partial charge in [-0.15, -0.1) is 0 Å². The number of anilines is 1. The summed E-state index contributed by atoms with van der Waals surface area (Å²) in [6, 6.07) is 10.9. The zero-order valence-corrected chi connectivity index (χ0v) is 9.87. The molecule has 5 heteroatoms. The molecule has 3 rings (SSSR count). The number of nitrogens with zero attached hydrogens (tertiary/aromatic N) is 3. The van der Waals surface area contributed by atoms with Gasteiger partial charge in [-0.1, -0.05) is 0 Å². The maximum Gasteiger partial charge on any atom is 0.224 e. The van der Waals surface area contributed by atoms with E-state index in [-0.39, 0.29) is 0 Å². The smallest absolute Gasteiger partial charge is 0.224 e. The first-order valence-electron chi connectivity index (χ1n) is 5.57. The third kappa shape index (κ3) is 1.86. The van der Waals surface area contributed by atoms with E-state index in [1.807, 2.05) is 31.2 Å². The number of ether oxygens (including phenoxy) is 1. The van der Waals surface area contributed by atoms with Crippen molar-refractivity contribution in [1.29, 1.82) is 0 Å². The second-order valence-corrected chi connectivity index (χ2v) is 4.01. The summed E-state index contributed by atoms with van der Waals surface area (Å²) < 4.78 is 7.45. The van der Waals surface area contributed by atoms with Gasteiger partial charge in [-0.05, 0) is 31.2 Å². The van der Waals surface area contributed by atoms with Gasteiger partial charge in [-0.25, -0.2) is 4.98 Å². The third-order valence-corrected chi connectivity index (χ3v) is 2.56. The van der Waals surface area contributed by atoms with E-state index in [2.05, 4.69) is 10.1 Å². The number of fused-ring (bicyclic) bond motifs is 1. The minimum Gasteiger partial charge on any atom is -0.439 e. The van der Waals surface area contributed by atoms with Crippen molar-refractivity contribution in [2.75, 3.05) is 5.73 Å². The van der Waals surface area contributed by atoms with E-state index >= 15 is 0 Å². The first-order valence-corrected chi connectivity index (χ1v) is 5.57. The number of hydrogen-bond donors (Lipinski definition) is 1. The monoisotopic (exact) mass is 240 g/mol. The lowest BCUT2D eigenvalue weighted by molar-refractivity contribution is 0.445. The quantitative estimate of drug-likeness (QED) is 0.698. The van der Waals surface area contributed by atoms with Gasteiger partial charge in [-0.3, -0.25) is 0 Å². The van der Waals surface area contributed by atoms with Crippen molar-refractivity contribution in [3.63, 3.8) is 0 Å². The fourth-order valence-corrected chi connectivity index (χ4v) is 1.73. The Bertz CT molecular complexity index is 688. The fraction of sp³-hybridized carbons (Fsp3) is 0.0769. The van der Waals surface area contributed by atoms with Crippen LogP contribution in [0.3, 0.4) is 0 Å². The summed E-state index contributed by atoms with van der Waals surface area (Å²) in [7, 11) is 0. The lowest BCUT2D eigenvalue weighted by Gasteiger charge is -2.08. The first kappa shape index (κ1) is 10.6. The summed E-state index contributed by atoms with van der Waals surface area (Å²) in [4.78, 5) is 4.35. The van der Waals surface area contributed by atoms with Gasteiger partial charge in [0.1, 0.15) is 5.75 Å². The topological polar surface area (TPSA) is 65.4 Å². The first-order chi connectivity index (χ1) is 8.72. The molecule has 0 radical (unpaired) electrons. The van der Waals surface area contributed by atoms with Gasteiger partial charge in [0.2, 0.25) is 5.88 Å². The standard InChI is InChI=1S/C13H12N4O/c1-9-8-13(17-12(16-9)6-7-15-17)18-11-4-2-10(14)3-5-11/h2-8H,14H2,1H3. The maximum absolute atomic E-state index is 5.79. The van der Waals surface area contributed by atoms with Crippen molar-refractivity contribution in [3.8, 4) is 11.6 Å². The predicted molar refractivity (Wildman–Crippen MR) is 68.7 cm³/mol. The molecule has 0 fully saturated rings. The molecular weight excluding hydrogens is 228 g/mol. The molecule has 3 aromatic rings. The SMILES string of the molecule is Cc1cc(Oc2ccc(N)cc2)n2nccc2n1. The van der Waals surface area contributed by atoms with E-state index in [9.17, 15) is 0 Å². The number of aryl methyl sites for hydroxylation is 1. The van der Waals surface area contributed by atoms with Gasteiger partial charge < -0.3 is 10.5 Å². The zero-order chi connectivity index (χ0) is 12.5. The molecule has 0 saturated carbocycles. The van der Waals surface area contributed by atoms with E-state index < -0.39 is 0 Å². The van der Waals surface area contributed by atoms with Crippen LogP contribution in [-0.4, -0.2) is 14.6 Å². The number of aromatic nitrogens is 3. The van der Waals surface area contributed by atoms with E-state index in [0.717, 1.165) is 11.3 Å². The van der Waals surface area contributed by atoms with Gasteiger partial charge in [0.15, 0.2) is 5.65 Å². The molecule has 0 atom stereocenters. The summed E-state index contributed by atoms with van der Waals surface area (Å²) in [6.07, 6.45) is 1.69. The largest absolute Gasteiger partial charge is 0.439 e. The van der Waals surface area contributed by atoms with Gasteiger partial charge >= 0.3 is 0 Å². The third-order valence-electron chi connectivity index (χ3n) is 2.56. The second-order valence-electron chi connectivity index (χ2n) is 4.01. The molecule has 2 heterocycles. The van der Waals surface area contributed by atoms with Crippen LogP contribution in [0.4, 0.5) is 5.69 Å². The number of nitrogens with two attached hydrogens (primary N) is 1. The minimum absolute atomic E-state index is 0.632. The van der Waals surface area contributed by atoms with E-state index in [1.165, 1.54) is 0 Å². The van der Waals surface area contributed by atoms with Crippen LogP contribution in [0, 0.1) is 6.92 Å². The van der Waals surface area contributed by atoms with Crippen LogP contribution in [-0.2, 0) is 0 Å². The Morgan fingerprint density at radius 1 is 1.17 bits per heavy atom. The van der Waals surface area contributed by atoms with Crippen molar-refractivity contribution < 1.29 is 4.74 Å². The van der Waals surface area contributed by atoms with Crippen LogP contribution in [0.1, 0.15) is 5.69 Å². The van der Waals surface area contributed by atoms with E-state index in [4.69, 9.17) is 10.5 Å². The van der Waals surface area contributed by atoms with E-state index in [0.29, 0.717) is 17.3 Å². The van der Waals surface area contributed by atoms with Crippen molar-refractivity contribution in [2.45, 2.75) is 6.92 Å². The molecule has 0 aliphatic carbocycles. The Morgan fingerprint density at radius 3 is 2.72 bits per heavy atom. The van der Waals surface area contributed by atoms with Crippen molar-refractivity contribution in [1.82, 2.24) is 14.6 Å². The number of hydrogen-bond acceptors (Lipinski definition) is 4. The number of benzene rings is 1. The van der Waals surface area contributed by atoms with Crippen molar-refractivity contribution in [2.24, 2.45) is 0 Å². The minimum atomic E-state index is 0.632. The Kier molecular flexibility index (Phi) is 2.37. The molecule has 5 nitrogen and oxygen atoms in total.